The number of methoxy groups -OCH3 is 1. The quantitative estimate of drug-likeness (QED) is 0.808. The van der Waals surface area contributed by atoms with E-state index in [1.165, 1.54) is 45.6 Å². The number of nitrogens with zero attached hydrogens (tertiary/aromatic N) is 1. The van der Waals surface area contributed by atoms with Gasteiger partial charge in [0.1, 0.15) is 0 Å². The van der Waals surface area contributed by atoms with E-state index in [1.807, 2.05) is 4.90 Å². The van der Waals surface area contributed by atoms with Gasteiger partial charge in [-0.05, 0) is 74.5 Å². The first-order chi connectivity index (χ1) is 11.6. The molecular weight excluding hydrogens is 304 g/mol. The molecule has 0 unspecified atom stereocenters. The van der Waals surface area contributed by atoms with E-state index in [9.17, 15) is 9.59 Å². The molecule has 1 saturated heterocycles. The minimum absolute atomic E-state index is 0.0133. The lowest BCUT2D eigenvalue weighted by Gasteiger charge is -2.57. The van der Waals surface area contributed by atoms with Crippen molar-refractivity contribution in [2.45, 2.75) is 51.4 Å². The normalized spacial score (nSPS) is 40.5. The monoisotopic (exact) mass is 334 g/mol. The largest absolute Gasteiger partial charge is 0.469 e. The zero-order valence-electron chi connectivity index (χ0n) is 14.8. The number of carbonyl (C=O) groups excluding carboxylic acids is 2. The Bertz CT molecular complexity index is 483. The molecule has 1 atom stereocenters. The highest BCUT2D eigenvalue weighted by Gasteiger charge is 2.50. The van der Waals surface area contributed by atoms with Gasteiger partial charge < -0.3 is 15.0 Å². The number of piperidine rings is 1. The molecule has 134 valence electrons. The second kappa shape index (κ2) is 6.23. The summed E-state index contributed by atoms with van der Waals surface area (Å²) in [6.45, 7) is 2.08. The van der Waals surface area contributed by atoms with Crippen LogP contribution < -0.4 is 5.32 Å². The summed E-state index contributed by atoms with van der Waals surface area (Å²) in [6, 6.07) is 0.0133. The smallest absolute Gasteiger partial charge is 0.317 e. The van der Waals surface area contributed by atoms with Crippen LogP contribution >= 0.6 is 0 Å². The number of hydrogen-bond acceptors (Lipinski definition) is 3. The van der Waals surface area contributed by atoms with Gasteiger partial charge in [0.2, 0.25) is 0 Å². The van der Waals surface area contributed by atoms with Crippen LogP contribution in [0.25, 0.3) is 0 Å². The molecule has 24 heavy (non-hydrogen) atoms. The maximum Gasteiger partial charge on any atom is 0.317 e. The number of ether oxygens (including phenoxy) is 1. The molecule has 1 heterocycles. The number of rotatable bonds is 3. The molecule has 1 aliphatic heterocycles. The number of esters is 1. The lowest BCUT2D eigenvalue weighted by molar-refractivity contribution is -0.146. The lowest BCUT2D eigenvalue weighted by atomic mass is 9.49. The van der Waals surface area contributed by atoms with E-state index in [0.29, 0.717) is 12.0 Å². The van der Waals surface area contributed by atoms with E-state index < -0.39 is 0 Å². The first kappa shape index (κ1) is 16.2. The molecule has 2 amide bonds. The summed E-state index contributed by atoms with van der Waals surface area (Å²) in [6.07, 6.45) is 9.93. The van der Waals surface area contributed by atoms with Gasteiger partial charge in [-0.25, -0.2) is 4.79 Å². The van der Waals surface area contributed by atoms with Crippen LogP contribution in [0.5, 0.6) is 0 Å². The Labute approximate surface area is 144 Å². The number of likely N-dealkylation sites (tertiary alicyclic amines) is 1. The summed E-state index contributed by atoms with van der Waals surface area (Å²) in [4.78, 5) is 26.2. The van der Waals surface area contributed by atoms with Crippen LogP contribution in [0.4, 0.5) is 4.79 Å². The zero-order chi connectivity index (χ0) is 16.7. The average molecular weight is 334 g/mol. The Hall–Kier alpha value is -1.26. The van der Waals surface area contributed by atoms with Crippen molar-refractivity contribution in [3.05, 3.63) is 0 Å². The molecule has 5 nitrogen and oxygen atoms in total. The number of amides is 2. The van der Waals surface area contributed by atoms with Gasteiger partial charge in [0, 0.05) is 19.6 Å². The maximum absolute atomic E-state index is 12.6. The third-order valence-corrected chi connectivity index (χ3v) is 7.02. The van der Waals surface area contributed by atoms with Gasteiger partial charge in [-0.3, -0.25) is 4.79 Å². The minimum atomic E-state index is -0.186. The fourth-order valence-electron chi connectivity index (χ4n) is 6.40. The van der Waals surface area contributed by atoms with Crippen LogP contribution in [0.15, 0.2) is 0 Å². The lowest BCUT2D eigenvalue weighted by Crippen LogP contribution is -2.54. The minimum Gasteiger partial charge on any atom is -0.469 e. The van der Waals surface area contributed by atoms with Gasteiger partial charge in [-0.2, -0.15) is 0 Å². The molecule has 0 aromatic rings. The van der Waals surface area contributed by atoms with Crippen LogP contribution in [0, 0.1) is 29.1 Å². The van der Waals surface area contributed by atoms with Crippen molar-refractivity contribution in [2.75, 3.05) is 26.7 Å². The predicted molar refractivity (Wildman–Crippen MR) is 90.3 cm³/mol. The summed E-state index contributed by atoms with van der Waals surface area (Å²) in [7, 11) is 1.42. The molecule has 0 aromatic carbocycles. The van der Waals surface area contributed by atoms with E-state index in [-0.39, 0.29) is 17.9 Å². The molecule has 0 spiro atoms. The number of hydrogen-bond donors (Lipinski definition) is 1. The summed E-state index contributed by atoms with van der Waals surface area (Å²) < 4.78 is 4.85. The highest BCUT2D eigenvalue weighted by atomic mass is 16.5. The molecule has 5 rings (SSSR count). The van der Waals surface area contributed by atoms with Gasteiger partial charge in [-0.1, -0.05) is 0 Å². The third kappa shape index (κ3) is 3.02. The number of carbonyl (C=O) groups is 2. The van der Waals surface area contributed by atoms with Gasteiger partial charge >= 0.3 is 12.0 Å². The molecular formula is C19H30N2O3. The molecule has 4 aliphatic carbocycles. The van der Waals surface area contributed by atoms with Gasteiger partial charge in [0.15, 0.2) is 0 Å². The van der Waals surface area contributed by atoms with E-state index in [2.05, 4.69) is 5.32 Å². The maximum atomic E-state index is 12.6. The zero-order valence-corrected chi connectivity index (χ0v) is 14.8. The van der Waals surface area contributed by atoms with Crippen LogP contribution in [0.2, 0.25) is 0 Å². The van der Waals surface area contributed by atoms with E-state index in [1.54, 1.807) is 0 Å². The molecule has 1 N–H and O–H groups in total. The van der Waals surface area contributed by atoms with Crippen molar-refractivity contribution >= 4 is 12.0 Å². The first-order valence-corrected chi connectivity index (χ1v) is 9.67. The predicted octanol–water partition coefficient (Wildman–Crippen LogP) is 2.80. The Morgan fingerprint density at radius 2 is 1.75 bits per heavy atom. The molecule has 5 fully saturated rings. The van der Waals surface area contributed by atoms with E-state index in [4.69, 9.17) is 4.74 Å². The SMILES string of the molecule is COC(=O)[C@H]1CCCN(C(=O)NCC23CC4CC(CC(C4)C2)C3)C1. The van der Waals surface area contributed by atoms with Crippen molar-refractivity contribution in [3.63, 3.8) is 0 Å². The topological polar surface area (TPSA) is 58.6 Å². The average Bonchev–Trinajstić information content (AvgIpc) is 2.58. The summed E-state index contributed by atoms with van der Waals surface area (Å²) in [5.74, 6) is 2.38. The van der Waals surface area contributed by atoms with Gasteiger partial charge in [-0.15, -0.1) is 0 Å². The van der Waals surface area contributed by atoms with E-state index >= 15 is 0 Å². The number of nitrogens with one attached hydrogen (secondary N) is 1. The second-order valence-corrected chi connectivity index (χ2v) is 8.88. The third-order valence-electron chi connectivity index (χ3n) is 7.02. The highest BCUT2D eigenvalue weighted by Crippen LogP contribution is 2.59. The number of urea groups is 1. The van der Waals surface area contributed by atoms with Gasteiger partial charge in [0.05, 0.1) is 13.0 Å². The second-order valence-electron chi connectivity index (χ2n) is 8.88. The highest BCUT2D eigenvalue weighted by molar-refractivity contribution is 5.77. The Balaban J connectivity index is 1.33. The van der Waals surface area contributed by atoms with Crippen molar-refractivity contribution in [1.82, 2.24) is 10.2 Å². The van der Waals surface area contributed by atoms with Crippen LogP contribution in [0.1, 0.15) is 51.4 Å². The molecule has 0 aromatic heterocycles. The van der Waals surface area contributed by atoms with Crippen LogP contribution in [-0.2, 0) is 9.53 Å². The van der Waals surface area contributed by atoms with E-state index in [0.717, 1.165) is 43.7 Å². The molecule has 5 aliphatic rings. The Morgan fingerprint density at radius 3 is 2.33 bits per heavy atom. The molecule has 4 saturated carbocycles. The standard InChI is InChI=1S/C19H30N2O3/c1-24-17(22)16-3-2-4-21(11-16)18(23)20-12-19-8-13-5-14(9-19)7-15(6-13)10-19/h13-16H,2-12H2,1H3,(H,20,23)/t13?,14?,15?,16-,19?/m0/s1. The summed E-state index contributed by atoms with van der Waals surface area (Å²) >= 11 is 0. The molecule has 5 heteroatoms. The molecule has 0 radical (unpaired) electrons. The van der Waals surface area contributed by atoms with Crippen molar-refractivity contribution in [2.24, 2.45) is 29.1 Å². The summed E-state index contributed by atoms with van der Waals surface area (Å²) in [5, 5.41) is 3.22. The fraction of sp³-hybridized carbons (Fsp3) is 0.895. The van der Waals surface area contributed by atoms with Crippen LogP contribution in [0.3, 0.4) is 0 Å². The Kier molecular flexibility index (Phi) is 4.21. The van der Waals surface area contributed by atoms with Crippen molar-refractivity contribution in [3.8, 4) is 0 Å². The molecule has 4 bridgehead atoms. The fourth-order valence-corrected chi connectivity index (χ4v) is 6.40. The van der Waals surface area contributed by atoms with Crippen molar-refractivity contribution in [1.29, 1.82) is 0 Å². The summed E-state index contributed by atoms with van der Waals surface area (Å²) in [5.41, 5.74) is 0.363. The first-order valence-electron chi connectivity index (χ1n) is 9.67. The Morgan fingerprint density at radius 1 is 1.12 bits per heavy atom. The van der Waals surface area contributed by atoms with Crippen molar-refractivity contribution < 1.29 is 14.3 Å². The van der Waals surface area contributed by atoms with Crippen LogP contribution in [-0.4, -0.2) is 43.6 Å². The van der Waals surface area contributed by atoms with Gasteiger partial charge in [0.25, 0.3) is 0 Å².